The lowest BCUT2D eigenvalue weighted by molar-refractivity contribution is -0.137. The van der Waals surface area contributed by atoms with Gasteiger partial charge in [0, 0.05) is 13.1 Å². The third-order valence-corrected chi connectivity index (χ3v) is 3.40. The molecule has 1 amide bonds. The third kappa shape index (κ3) is 4.03. The number of likely N-dealkylation sites (tertiary alicyclic amines) is 1. The zero-order valence-corrected chi connectivity index (χ0v) is 11.4. The van der Waals surface area contributed by atoms with Crippen LogP contribution in [0.4, 0.5) is 18.9 Å². The molecule has 1 aromatic rings. The van der Waals surface area contributed by atoms with E-state index in [-0.39, 0.29) is 24.0 Å². The van der Waals surface area contributed by atoms with Crippen molar-refractivity contribution in [3.8, 4) is 5.75 Å². The molecule has 1 saturated heterocycles. The van der Waals surface area contributed by atoms with Crippen molar-refractivity contribution in [1.29, 1.82) is 0 Å². The first-order valence-electron chi connectivity index (χ1n) is 6.75. The van der Waals surface area contributed by atoms with E-state index in [1.807, 2.05) is 0 Å². The highest BCUT2D eigenvalue weighted by Crippen LogP contribution is 2.33. The van der Waals surface area contributed by atoms with Crippen molar-refractivity contribution >= 4 is 11.6 Å². The molecular formula is C14H17F3N2O2. The molecule has 1 aromatic carbocycles. The Morgan fingerprint density at radius 2 is 1.90 bits per heavy atom. The number of nitrogens with zero attached hydrogens (tertiary/aromatic N) is 1. The summed E-state index contributed by atoms with van der Waals surface area (Å²) in [5, 5.41) is 0. The Morgan fingerprint density at radius 1 is 1.24 bits per heavy atom. The zero-order valence-electron chi connectivity index (χ0n) is 11.4. The molecule has 0 atom stereocenters. The van der Waals surface area contributed by atoms with Gasteiger partial charge in [-0.3, -0.25) is 4.79 Å². The average molecular weight is 302 g/mol. The number of carbonyl (C=O) groups is 1. The minimum absolute atomic E-state index is 0.0911. The van der Waals surface area contributed by atoms with Gasteiger partial charge in [-0.05, 0) is 37.5 Å². The van der Waals surface area contributed by atoms with E-state index >= 15 is 0 Å². The van der Waals surface area contributed by atoms with Crippen LogP contribution in [0.15, 0.2) is 18.2 Å². The maximum absolute atomic E-state index is 12.5. The number of ether oxygens (including phenoxy) is 1. The van der Waals surface area contributed by atoms with E-state index in [1.54, 1.807) is 4.90 Å². The second-order valence-electron chi connectivity index (χ2n) is 4.98. The van der Waals surface area contributed by atoms with E-state index in [4.69, 9.17) is 10.5 Å². The molecule has 7 heteroatoms. The smallest absolute Gasteiger partial charge is 0.416 e. The normalized spacial score (nSPS) is 15.9. The Bertz CT molecular complexity index is 511. The molecule has 0 aliphatic carbocycles. The number of piperidine rings is 1. The zero-order chi connectivity index (χ0) is 15.5. The fourth-order valence-electron chi connectivity index (χ4n) is 2.23. The summed E-state index contributed by atoms with van der Waals surface area (Å²) in [5.41, 5.74) is 4.57. The van der Waals surface area contributed by atoms with E-state index in [2.05, 4.69) is 0 Å². The van der Waals surface area contributed by atoms with Gasteiger partial charge in [-0.2, -0.15) is 13.2 Å². The highest BCUT2D eigenvalue weighted by Gasteiger charge is 2.31. The maximum Gasteiger partial charge on any atom is 0.416 e. The van der Waals surface area contributed by atoms with Gasteiger partial charge in [0.1, 0.15) is 5.75 Å². The predicted octanol–water partition coefficient (Wildman–Crippen LogP) is 2.68. The third-order valence-electron chi connectivity index (χ3n) is 3.40. The molecule has 21 heavy (non-hydrogen) atoms. The number of hydrogen-bond donors (Lipinski definition) is 1. The highest BCUT2D eigenvalue weighted by atomic mass is 19.4. The van der Waals surface area contributed by atoms with Crippen LogP contribution < -0.4 is 10.5 Å². The largest absolute Gasteiger partial charge is 0.482 e. The minimum atomic E-state index is -4.45. The maximum atomic E-state index is 12.5. The van der Waals surface area contributed by atoms with Crippen molar-refractivity contribution in [3.63, 3.8) is 0 Å². The Morgan fingerprint density at radius 3 is 2.48 bits per heavy atom. The molecule has 116 valence electrons. The molecular weight excluding hydrogens is 285 g/mol. The number of anilines is 1. The molecule has 1 aliphatic rings. The Balaban J connectivity index is 1.95. The fraction of sp³-hybridized carbons (Fsp3) is 0.500. The lowest BCUT2D eigenvalue weighted by Gasteiger charge is -2.26. The molecule has 0 saturated carbocycles. The molecule has 4 nitrogen and oxygen atoms in total. The van der Waals surface area contributed by atoms with Crippen LogP contribution in [-0.4, -0.2) is 30.5 Å². The highest BCUT2D eigenvalue weighted by molar-refractivity contribution is 5.78. The molecule has 1 fully saturated rings. The van der Waals surface area contributed by atoms with Crippen molar-refractivity contribution in [3.05, 3.63) is 23.8 Å². The molecule has 0 radical (unpaired) electrons. The molecule has 2 N–H and O–H groups in total. The summed E-state index contributed by atoms with van der Waals surface area (Å²) in [7, 11) is 0. The van der Waals surface area contributed by atoms with Crippen LogP contribution >= 0.6 is 0 Å². The van der Waals surface area contributed by atoms with Gasteiger partial charge < -0.3 is 15.4 Å². The van der Waals surface area contributed by atoms with Gasteiger partial charge in [0.05, 0.1) is 11.3 Å². The van der Waals surface area contributed by atoms with E-state index in [1.165, 1.54) is 0 Å². The number of nitrogen functional groups attached to an aromatic ring is 1. The summed E-state index contributed by atoms with van der Waals surface area (Å²) >= 11 is 0. The fourth-order valence-corrected chi connectivity index (χ4v) is 2.23. The molecule has 0 aromatic heterocycles. The number of alkyl halides is 3. The summed E-state index contributed by atoms with van der Waals surface area (Å²) in [6, 6.07) is 2.83. The Kier molecular flexibility index (Phi) is 4.59. The van der Waals surface area contributed by atoms with Crippen molar-refractivity contribution in [2.24, 2.45) is 0 Å². The van der Waals surface area contributed by atoms with Crippen LogP contribution in [0.2, 0.25) is 0 Å². The second kappa shape index (κ2) is 6.24. The van der Waals surface area contributed by atoms with Gasteiger partial charge in [0.2, 0.25) is 0 Å². The first-order chi connectivity index (χ1) is 9.88. The van der Waals surface area contributed by atoms with Gasteiger partial charge in [0.15, 0.2) is 6.61 Å². The Labute approximate surface area is 120 Å². The lowest BCUT2D eigenvalue weighted by Crippen LogP contribution is -2.38. The number of carbonyl (C=O) groups excluding carboxylic acids is 1. The van der Waals surface area contributed by atoms with E-state index < -0.39 is 11.7 Å². The van der Waals surface area contributed by atoms with Crippen LogP contribution in [0.1, 0.15) is 24.8 Å². The molecule has 1 aliphatic heterocycles. The number of halogens is 3. The predicted molar refractivity (Wildman–Crippen MR) is 71.8 cm³/mol. The van der Waals surface area contributed by atoms with Gasteiger partial charge in [-0.1, -0.05) is 0 Å². The van der Waals surface area contributed by atoms with Crippen molar-refractivity contribution in [1.82, 2.24) is 4.90 Å². The van der Waals surface area contributed by atoms with Gasteiger partial charge in [0.25, 0.3) is 5.91 Å². The van der Waals surface area contributed by atoms with Crippen molar-refractivity contribution < 1.29 is 22.7 Å². The molecule has 2 rings (SSSR count). The van der Waals surface area contributed by atoms with E-state index in [0.717, 1.165) is 37.5 Å². The summed E-state index contributed by atoms with van der Waals surface area (Å²) in [6.07, 6.45) is -1.41. The van der Waals surface area contributed by atoms with Gasteiger partial charge >= 0.3 is 6.18 Å². The standard InChI is InChI=1S/C14H17F3N2O2/c15-14(16,17)10-4-5-12(11(18)8-10)21-9-13(20)19-6-2-1-3-7-19/h4-5,8H,1-3,6-7,9,18H2. The number of hydrogen-bond acceptors (Lipinski definition) is 3. The van der Waals surface area contributed by atoms with Crippen LogP contribution in [0.3, 0.4) is 0 Å². The number of nitrogens with two attached hydrogens (primary N) is 1. The first-order valence-corrected chi connectivity index (χ1v) is 6.75. The summed E-state index contributed by atoms with van der Waals surface area (Å²) in [5.74, 6) is -0.0812. The average Bonchev–Trinajstić information content (AvgIpc) is 2.45. The quantitative estimate of drug-likeness (QED) is 0.873. The van der Waals surface area contributed by atoms with Crippen molar-refractivity contribution in [2.75, 3.05) is 25.4 Å². The SMILES string of the molecule is Nc1cc(C(F)(F)F)ccc1OCC(=O)N1CCCCC1. The van der Waals surface area contributed by atoms with E-state index in [9.17, 15) is 18.0 Å². The monoisotopic (exact) mass is 302 g/mol. The Hall–Kier alpha value is -1.92. The van der Waals surface area contributed by atoms with Crippen LogP contribution in [0.5, 0.6) is 5.75 Å². The number of rotatable bonds is 3. The lowest BCUT2D eigenvalue weighted by atomic mass is 10.1. The molecule has 0 unspecified atom stereocenters. The topological polar surface area (TPSA) is 55.6 Å². The van der Waals surface area contributed by atoms with E-state index in [0.29, 0.717) is 13.1 Å². The number of amides is 1. The summed E-state index contributed by atoms with van der Waals surface area (Å²) in [4.78, 5) is 13.6. The van der Waals surface area contributed by atoms with Gasteiger partial charge in [-0.25, -0.2) is 0 Å². The van der Waals surface area contributed by atoms with Crippen LogP contribution in [0, 0.1) is 0 Å². The molecule has 1 heterocycles. The minimum Gasteiger partial charge on any atom is -0.482 e. The molecule has 0 spiro atoms. The van der Waals surface area contributed by atoms with Crippen LogP contribution in [-0.2, 0) is 11.0 Å². The second-order valence-corrected chi connectivity index (χ2v) is 4.98. The van der Waals surface area contributed by atoms with Crippen LogP contribution in [0.25, 0.3) is 0 Å². The molecule has 0 bridgehead atoms. The first kappa shape index (κ1) is 15.5. The summed E-state index contributed by atoms with van der Waals surface area (Å²) < 4.78 is 42.7. The summed E-state index contributed by atoms with van der Waals surface area (Å²) in [6.45, 7) is 1.19. The van der Waals surface area contributed by atoms with Gasteiger partial charge in [-0.15, -0.1) is 0 Å². The number of benzene rings is 1. The van der Waals surface area contributed by atoms with Crippen molar-refractivity contribution in [2.45, 2.75) is 25.4 Å².